The third kappa shape index (κ3) is 5.17. The molecule has 88 valence electrons. The van der Waals surface area contributed by atoms with Gasteiger partial charge in [0.15, 0.2) is 0 Å². The molecule has 0 heterocycles. The molecule has 0 aromatic heterocycles. The molecule has 0 bridgehead atoms. The molecule has 1 saturated carbocycles. The molecule has 0 aromatic rings. The van der Waals surface area contributed by atoms with Gasteiger partial charge in [0.05, 0.1) is 0 Å². The second-order valence-electron chi connectivity index (χ2n) is 5.48. The molecule has 0 aromatic carbocycles. The van der Waals surface area contributed by atoms with E-state index in [1.54, 1.807) is 0 Å². The molecule has 0 radical (unpaired) electrons. The van der Waals surface area contributed by atoms with Crippen molar-refractivity contribution in [2.45, 2.75) is 58.4 Å². The number of unbranched alkanes of at least 4 members (excludes halogenated alkanes) is 1. The molecule has 3 heteroatoms. The molecule has 0 aliphatic heterocycles. The highest BCUT2D eigenvalue weighted by Gasteiger charge is 2.30. The van der Waals surface area contributed by atoms with Gasteiger partial charge in [-0.1, -0.05) is 13.8 Å². The Bertz CT molecular complexity index is 214. The number of carbonyl (C=O) groups is 1. The summed E-state index contributed by atoms with van der Waals surface area (Å²) in [7, 11) is 0. The Balaban J connectivity index is 1.99. The van der Waals surface area contributed by atoms with Crippen molar-refractivity contribution in [3.8, 4) is 0 Å². The highest BCUT2D eigenvalue weighted by Crippen LogP contribution is 2.36. The molecule has 1 atom stereocenters. The van der Waals surface area contributed by atoms with Crippen molar-refractivity contribution >= 4 is 5.91 Å². The minimum atomic E-state index is -0.183. The molecule has 0 spiro atoms. The maximum atomic E-state index is 10.5. The largest absolute Gasteiger partial charge is 0.370 e. The first kappa shape index (κ1) is 12.5. The molecule has 1 aliphatic rings. The number of hydrogen-bond acceptors (Lipinski definition) is 2. The Morgan fingerprint density at radius 2 is 2.20 bits per heavy atom. The van der Waals surface area contributed by atoms with E-state index in [0.717, 1.165) is 19.4 Å². The van der Waals surface area contributed by atoms with E-state index in [9.17, 15) is 4.79 Å². The Labute approximate surface area is 92.8 Å². The Morgan fingerprint density at radius 3 is 2.73 bits per heavy atom. The number of hydrogen-bond donors (Lipinski definition) is 2. The molecule has 15 heavy (non-hydrogen) atoms. The zero-order chi connectivity index (χ0) is 11.3. The van der Waals surface area contributed by atoms with Crippen LogP contribution >= 0.6 is 0 Å². The molecule has 3 nitrogen and oxygen atoms in total. The van der Waals surface area contributed by atoms with E-state index in [-0.39, 0.29) is 5.91 Å². The Hall–Kier alpha value is -0.570. The predicted molar refractivity (Wildman–Crippen MR) is 62.5 cm³/mol. The summed E-state index contributed by atoms with van der Waals surface area (Å²) in [5.41, 5.74) is 5.59. The molecule has 1 amide bonds. The van der Waals surface area contributed by atoms with Gasteiger partial charge in [-0.3, -0.25) is 4.79 Å². The summed E-state index contributed by atoms with van der Waals surface area (Å²) in [6, 6.07) is 0.688. The predicted octanol–water partition coefficient (Wildman–Crippen LogP) is 1.81. The third-order valence-electron chi connectivity index (χ3n) is 3.25. The first-order valence-corrected chi connectivity index (χ1v) is 6.01. The van der Waals surface area contributed by atoms with Crippen LogP contribution in [0.1, 0.15) is 52.4 Å². The van der Waals surface area contributed by atoms with E-state index in [2.05, 4.69) is 19.2 Å². The molecular weight excluding hydrogens is 188 g/mol. The summed E-state index contributed by atoms with van der Waals surface area (Å²) in [6.45, 7) is 5.69. The Morgan fingerprint density at radius 1 is 1.47 bits per heavy atom. The highest BCUT2D eigenvalue weighted by molar-refractivity contribution is 5.73. The van der Waals surface area contributed by atoms with Crippen molar-refractivity contribution in [1.82, 2.24) is 5.32 Å². The van der Waals surface area contributed by atoms with Gasteiger partial charge in [-0.25, -0.2) is 0 Å². The van der Waals surface area contributed by atoms with Crippen LogP contribution in [0, 0.1) is 5.41 Å². The van der Waals surface area contributed by atoms with E-state index in [0.29, 0.717) is 17.9 Å². The zero-order valence-corrected chi connectivity index (χ0v) is 10.0. The number of amides is 1. The van der Waals surface area contributed by atoms with Gasteiger partial charge in [0.2, 0.25) is 5.91 Å². The van der Waals surface area contributed by atoms with Crippen molar-refractivity contribution < 1.29 is 4.79 Å². The standard InChI is InChI=1S/C12H24N2O/c1-12(2)7-6-10(9-12)14-8-4-3-5-11(13)15/h10,14H,3-9H2,1-2H3,(H2,13,15). The van der Waals surface area contributed by atoms with Crippen LogP contribution in [-0.2, 0) is 4.79 Å². The van der Waals surface area contributed by atoms with Crippen LogP contribution < -0.4 is 11.1 Å². The monoisotopic (exact) mass is 212 g/mol. The lowest BCUT2D eigenvalue weighted by Gasteiger charge is -2.17. The second kappa shape index (κ2) is 5.50. The summed E-state index contributed by atoms with van der Waals surface area (Å²) < 4.78 is 0. The summed E-state index contributed by atoms with van der Waals surface area (Å²) in [5, 5.41) is 3.56. The van der Waals surface area contributed by atoms with E-state index < -0.39 is 0 Å². The van der Waals surface area contributed by atoms with Crippen molar-refractivity contribution in [2.24, 2.45) is 11.1 Å². The molecular formula is C12H24N2O. The third-order valence-corrected chi connectivity index (χ3v) is 3.25. The lowest BCUT2D eigenvalue weighted by Crippen LogP contribution is -2.28. The quantitative estimate of drug-likeness (QED) is 0.660. The summed E-state index contributed by atoms with van der Waals surface area (Å²) in [4.78, 5) is 10.5. The average Bonchev–Trinajstić information content (AvgIpc) is 2.44. The normalized spacial score (nSPS) is 24.3. The van der Waals surface area contributed by atoms with Gasteiger partial charge in [-0.05, 0) is 44.1 Å². The summed E-state index contributed by atoms with van der Waals surface area (Å²) in [6.07, 6.45) is 6.40. The van der Waals surface area contributed by atoms with Gasteiger partial charge < -0.3 is 11.1 Å². The molecule has 1 aliphatic carbocycles. The lowest BCUT2D eigenvalue weighted by atomic mass is 9.92. The first-order valence-electron chi connectivity index (χ1n) is 6.01. The van der Waals surface area contributed by atoms with Gasteiger partial charge in [0.25, 0.3) is 0 Å². The number of rotatable bonds is 6. The molecule has 1 fully saturated rings. The van der Waals surface area contributed by atoms with Gasteiger partial charge in [0.1, 0.15) is 0 Å². The Kier molecular flexibility index (Phi) is 4.58. The SMILES string of the molecule is CC1(C)CCC(NCCCCC(N)=O)C1. The lowest BCUT2D eigenvalue weighted by molar-refractivity contribution is -0.118. The summed E-state index contributed by atoms with van der Waals surface area (Å²) >= 11 is 0. The van der Waals surface area contributed by atoms with E-state index in [1.807, 2.05) is 0 Å². The van der Waals surface area contributed by atoms with Gasteiger partial charge in [0, 0.05) is 12.5 Å². The second-order valence-corrected chi connectivity index (χ2v) is 5.48. The molecule has 0 saturated heterocycles. The fraction of sp³-hybridized carbons (Fsp3) is 0.917. The van der Waals surface area contributed by atoms with Crippen molar-refractivity contribution in [3.63, 3.8) is 0 Å². The zero-order valence-electron chi connectivity index (χ0n) is 10.0. The number of nitrogens with two attached hydrogens (primary N) is 1. The van der Waals surface area contributed by atoms with E-state index in [1.165, 1.54) is 19.3 Å². The number of carbonyl (C=O) groups excluding carboxylic acids is 1. The fourth-order valence-electron chi connectivity index (χ4n) is 2.34. The average molecular weight is 212 g/mol. The van der Waals surface area contributed by atoms with E-state index in [4.69, 9.17) is 5.73 Å². The van der Waals surface area contributed by atoms with E-state index >= 15 is 0 Å². The molecule has 3 N–H and O–H groups in total. The van der Waals surface area contributed by atoms with Crippen LogP contribution in [0.3, 0.4) is 0 Å². The van der Waals surface area contributed by atoms with Gasteiger partial charge in [-0.2, -0.15) is 0 Å². The molecule has 1 unspecified atom stereocenters. The first-order chi connectivity index (χ1) is 6.99. The van der Waals surface area contributed by atoms with Crippen molar-refractivity contribution in [2.75, 3.05) is 6.54 Å². The van der Waals surface area contributed by atoms with Crippen molar-refractivity contribution in [3.05, 3.63) is 0 Å². The van der Waals surface area contributed by atoms with Crippen LogP contribution in [0.2, 0.25) is 0 Å². The van der Waals surface area contributed by atoms with Gasteiger partial charge in [-0.15, -0.1) is 0 Å². The van der Waals surface area contributed by atoms with Crippen LogP contribution in [0.4, 0.5) is 0 Å². The molecule has 1 rings (SSSR count). The highest BCUT2D eigenvalue weighted by atomic mass is 16.1. The van der Waals surface area contributed by atoms with Crippen LogP contribution in [-0.4, -0.2) is 18.5 Å². The number of primary amides is 1. The minimum Gasteiger partial charge on any atom is -0.370 e. The van der Waals surface area contributed by atoms with Gasteiger partial charge >= 0.3 is 0 Å². The maximum Gasteiger partial charge on any atom is 0.217 e. The fourth-order valence-corrected chi connectivity index (χ4v) is 2.34. The smallest absolute Gasteiger partial charge is 0.217 e. The maximum absolute atomic E-state index is 10.5. The minimum absolute atomic E-state index is 0.183. The van der Waals surface area contributed by atoms with Crippen molar-refractivity contribution in [1.29, 1.82) is 0 Å². The van der Waals surface area contributed by atoms with Crippen LogP contribution in [0.5, 0.6) is 0 Å². The topological polar surface area (TPSA) is 55.1 Å². The van der Waals surface area contributed by atoms with Crippen LogP contribution in [0.15, 0.2) is 0 Å². The summed E-state index contributed by atoms with van der Waals surface area (Å²) in [5.74, 6) is -0.183. The van der Waals surface area contributed by atoms with Crippen LogP contribution in [0.25, 0.3) is 0 Å². The number of nitrogens with one attached hydrogen (secondary N) is 1.